The van der Waals surface area contributed by atoms with E-state index in [1.165, 1.54) is 0 Å². The van der Waals surface area contributed by atoms with Crippen LogP contribution in [0, 0.1) is 0 Å². The van der Waals surface area contributed by atoms with E-state index in [0.717, 1.165) is 13.2 Å². The van der Waals surface area contributed by atoms with Crippen LogP contribution in [0.25, 0.3) is 0 Å². The first kappa shape index (κ1) is 28.4. The first-order valence-electron chi connectivity index (χ1n) is 9.42. The first-order chi connectivity index (χ1) is 14.7. The zero-order chi connectivity index (χ0) is 25.1. The van der Waals surface area contributed by atoms with Gasteiger partial charge < -0.3 is 29.6 Å². The summed E-state index contributed by atoms with van der Waals surface area (Å²) in [5.74, 6) is -3.64. The molecule has 178 valence electrons. The summed E-state index contributed by atoms with van der Waals surface area (Å²) in [7, 11) is 1.06. The molecule has 32 heavy (non-hydrogen) atoms. The van der Waals surface area contributed by atoms with Gasteiger partial charge in [-0.3, -0.25) is 9.59 Å². The molecular weight excluding hydrogens is 424 g/mol. The van der Waals surface area contributed by atoms with Crippen molar-refractivity contribution in [1.29, 1.82) is 0 Å². The number of esters is 3. The van der Waals surface area contributed by atoms with Crippen molar-refractivity contribution in [2.24, 2.45) is 0 Å². The molecule has 11 nitrogen and oxygen atoms in total. The van der Waals surface area contributed by atoms with Crippen LogP contribution >= 0.6 is 0 Å². The Morgan fingerprint density at radius 2 is 1.62 bits per heavy atom. The molecule has 0 aromatic rings. The molecule has 11 heteroatoms. The van der Waals surface area contributed by atoms with Gasteiger partial charge in [0, 0.05) is 6.08 Å². The number of carbonyl (C=O) groups excluding carboxylic acids is 5. The molecule has 0 rings (SSSR count). The topological polar surface area (TPSA) is 146 Å². The molecule has 0 aliphatic carbocycles. The van der Waals surface area contributed by atoms with Gasteiger partial charge in [-0.25, -0.2) is 14.4 Å². The highest BCUT2D eigenvalue weighted by molar-refractivity contribution is 5.92. The molecule has 0 unspecified atom stereocenters. The van der Waals surface area contributed by atoms with Crippen molar-refractivity contribution in [3.8, 4) is 0 Å². The minimum absolute atomic E-state index is 0.0183. The third-order valence-electron chi connectivity index (χ3n) is 3.45. The third-order valence-corrected chi connectivity index (χ3v) is 3.45. The fourth-order valence-corrected chi connectivity index (χ4v) is 1.90. The highest BCUT2D eigenvalue weighted by atomic mass is 16.6. The smallest absolute Gasteiger partial charge is 0.408 e. The SMILES string of the molecule is C=CC(=O)OC[C@H](NC(=O)[C@H](CC(=O)OC(=C)C(=C)C)NC(=O)OC(C)(C)C)C(=O)OC. The van der Waals surface area contributed by atoms with Gasteiger partial charge in [0.2, 0.25) is 5.91 Å². The van der Waals surface area contributed by atoms with Crippen molar-refractivity contribution >= 4 is 29.9 Å². The van der Waals surface area contributed by atoms with Crippen molar-refractivity contribution in [3.63, 3.8) is 0 Å². The molecule has 0 bridgehead atoms. The molecule has 0 aliphatic heterocycles. The molecule has 0 saturated carbocycles. The van der Waals surface area contributed by atoms with Gasteiger partial charge in [-0.05, 0) is 33.3 Å². The van der Waals surface area contributed by atoms with E-state index < -0.39 is 60.6 Å². The fourth-order valence-electron chi connectivity index (χ4n) is 1.90. The van der Waals surface area contributed by atoms with Gasteiger partial charge in [0.25, 0.3) is 0 Å². The number of carbonyl (C=O) groups is 5. The maximum atomic E-state index is 12.7. The predicted molar refractivity (Wildman–Crippen MR) is 113 cm³/mol. The minimum atomic E-state index is -1.50. The highest BCUT2D eigenvalue weighted by Gasteiger charge is 2.31. The number of hydrogen-bond donors (Lipinski definition) is 2. The molecule has 0 fully saturated rings. The zero-order valence-corrected chi connectivity index (χ0v) is 18.9. The number of nitrogens with one attached hydrogen (secondary N) is 2. The van der Waals surface area contributed by atoms with E-state index in [0.29, 0.717) is 5.57 Å². The summed E-state index contributed by atoms with van der Waals surface area (Å²) in [5.41, 5.74) is -0.498. The lowest BCUT2D eigenvalue weighted by molar-refractivity contribution is -0.150. The van der Waals surface area contributed by atoms with Gasteiger partial charge >= 0.3 is 24.0 Å². The van der Waals surface area contributed by atoms with E-state index in [1.54, 1.807) is 27.7 Å². The predicted octanol–water partition coefficient (Wildman–Crippen LogP) is 1.29. The second kappa shape index (κ2) is 12.9. The maximum absolute atomic E-state index is 12.7. The lowest BCUT2D eigenvalue weighted by Crippen LogP contribution is -2.54. The number of rotatable bonds is 11. The number of amides is 2. The summed E-state index contributed by atoms with van der Waals surface area (Å²) in [5, 5.41) is 4.50. The van der Waals surface area contributed by atoms with E-state index in [4.69, 9.17) is 14.2 Å². The molecular formula is C21H30N2O9. The van der Waals surface area contributed by atoms with Gasteiger partial charge in [-0.2, -0.15) is 0 Å². The second-order valence-corrected chi connectivity index (χ2v) is 7.50. The Morgan fingerprint density at radius 3 is 2.09 bits per heavy atom. The zero-order valence-electron chi connectivity index (χ0n) is 18.9. The van der Waals surface area contributed by atoms with E-state index in [-0.39, 0.29) is 5.76 Å². The van der Waals surface area contributed by atoms with Crippen molar-refractivity contribution in [1.82, 2.24) is 10.6 Å². The Balaban J connectivity index is 5.52. The molecule has 0 saturated heterocycles. The Morgan fingerprint density at radius 1 is 1.03 bits per heavy atom. The number of methoxy groups -OCH3 is 1. The molecule has 0 heterocycles. The highest BCUT2D eigenvalue weighted by Crippen LogP contribution is 2.10. The van der Waals surface area contributed by atoms with E-state index in [2.05, 4.69) is 35.1 Å². The first-order valence-corrected chi connectivity index (χ1v) is 9.42. The summed E-state index contributed by atoms with van der Waals surface area (Å²) in [6.45, 7) is 16.1. The quantitative estimate of drug-likeness (QED) is 0.155. The van der Waals surface area contributed by atoms with Crippen LogP contribution in [0.2, 0.25) is 0 Å². The fraction of sp³-hybridized carbons (Fsp3) is 0.476. The molecule has 0 aliphatic rings. The summed E-state index contributed by atoms with van der Waals surface area (Å²) in [6.07, 6.45) is -0.748. The van der Waals surface area contributed by atoms with E-state index in [1.807, 2.05) is 0 Å². The van der Waals surface area contributed by atoms with Crippen molar-refractivity contribution in [2.45, 2.75) is 51.8 Å². The number of allylic oxidation sites excluding steroid dienone is 1. The Hall–Kier alpha value is -3.63. The normalized spacial score (nSPS) is 12.3. The summed E-state index contributed by atoms with van der Waals surface area (Å²) < 4.78 is 19.4. The van der Waals surface area contributed by atoms with E-state index >= 15 is 0 Å². The van der Waals surface area contributed by atoms with Crippen LogP contribution in [0.4, 0.5) is 4.79 Å². The number of alkyl carbamates (subject to hydrolysis) is 1. The van der Waals surface area contributed by atoms with Crippen LogP contribution in [-0.2, 0) is 38.1 Å². The van der Waals surface area contributed by atoms with Crippen LogP contribution in [0.3, 0.4) is 0 Å². The Kier molecular flexibility index (Phi) is 11.5. The maximum Gasteiger partial charge on any atom is 0.408 e. The molecule has 0 radical (unpaired) electrons. The summed E-state index contributed by atoms with van der Waals surface area (Å²) >= 11 is 0. The lowest BCUT2D eigenvalue weighted by Gasteiger charge is -2.24. The molecule has 0 aromatic heterocycles. The monoisotopic (exact) mass is 454 g/mol. The number of ether oxygens (including phenoxy) is 4. The molecule has 2 N–H and O–H groups in total. The van der Waals surface area contributed by atoms with Crippen LogP contribution in [-0.4, -0.2) is 61.3 Å². The third kappa shape index (κ3) is 11.5. The van der Waals surface area contributed by atoms with Crippen LogP contribution in [0.1, 0.15) is 34.1 Å². The Labute approximate surface area is 186 Å². The van der Waals surface area contributed by atoms with Crippen LogP contribution in [0.15, 0.2) is 37.1 Å². The van der Waals surface area contributed by atoms with Gasteiger partial charge in [-0.15, -0.1) is 0 Å². The van der Waals surface area contributed by atoms with E-state index in [9.17, 15) is 24.0 Å². The van der Waals surface area contributed by atoms with Crippen molar-refractivity contribution in [2.75, 3.05) is 13.7 Å². The van der Waals surface area contributed by atoms with Gasteiger partial charge in [0.15, 0.2) is 6.04 Å². The van der Waals surface area contributed by atoms with Gasteiger partial charge in [0.1, 0.15) is 24.0 Å². The number of hydrogen-bond acceptors (Lipinski definition) is 9. The van der Waals surface area contributed by atoms with Crippen LogP contribution in [0.5, 0.6) is 0 Å². The molecule has 2 amide bonds. The minimum Gasteiger partial charge on any atom is -0.467 e. The summed E-state index contributed by atoms with van der Waals surface area (Å²) in [4.78, 5) is 60.3. The van der Waals surface area contributed by atoms with Crippen molar-refractivity contribution in [3.05, 3.63) is 37.1 Å². The Bertz CT molecular complexity index is 781. The second-order valence-electron chi connectivity index (χ2n) is 7.50. The molecule has 0 aromatic carbocycles. The largest absolute Gasteiger partial charge is 0.467 e. The summed E-state index contributed by atoms with van der Waals surface area (Å²) in [6, 6.07) is -2.92. The van der Waals surface area contributed by atoms with Gasteiger partial charge in [0.05, 0.1) is 13.5 Å². The average molecular weight is 454 g/mol. The lowest BCUT2D eigenvalue weighted by atomic mass is 10.1. The van der Waals surface area contributed by atoms with Gasteiger partial charge in [-0.1, -0.05) is 19.7 Å². The van der Waals surface area contributed by atoms with Crippen LogP contribution < -0.4 is 10.6 Å². The van der Waals surface area contributed by atoms with Crippen molar-refractivity contribution < 1.29 is 42.9 Å². The standard InChI is InChI=1S/C21H30N2O9/c1-9-16(24)30-11-15(19(27)29-8)22-18(26)14(23-20(28)32-21(5,6)7)10-17(25)31-13(4)12(2)3/h9,14-15H,1-2,4,10-11H2,3,5-8H3,(H,22,26)(H,23,28)/t14-,15-/m0/s1. The average Bonchev–Trinajstić information content (AvgIpc) is 2.67. The molecule has 0 spiro atoms. The molecule has 2 atom stereocenters.